The van der Waals surface area contributed by atoms with Crippen molar-refractivity contribution < 1.29 is 47.6 Å². The zero-order valence-electron chi connectivity index (χ0n) is 37.1. The van der Waals surface area contributed by atoms with Gasteiger partial charge in [-0.05, 0) is 100 Å². The molecule has 4 aromatic carbocycles. The first-order valence-corrected chi connectivity index (χ1v) is 21.6. The molecule has 4 aromatic rings. The van der Waals surface area contributed by atoms with Gasteiger partial charge in [0.15, 0.2) is 23.0 Å². The largest absolute Gasteiger partial charge is 0.490 e. The maximum Gasteiger partial charge on any atom is 0.258 e. The summed E-state index contributed by atoms with van der Waals surface area (Å²) in [6.07, 6.45) is 10.5. The topological polar surface area (TPSA) is 154 Å². The second kappa shape index (κ2) is 20.5. The third-order valence-electron chi connectivity index (χ3n) is 11.7. The number of amides is 4. The molecule has 2 N–H and O–H groups in total. The van der Waals surface area contributed by atoms with Crippen molar-refractivity contribution in [2.24, 2.45) is 0 Å². The van der Waals surface area contributed by atoms with Crippen LogP contribution in [-0.4, -0.2) is 85.4 Å². The molecular formula is C50H56N4O10. The van der Waals surface area contributed by atoms with Gasteiger partial charge in [0.1, 0.15) is 23.6 Å². The summed E-state index contributed by atoms with van der Waals surface area (Å²) in [5, 5.41) is 6.21. The molecule has 0 bridgehead atoms. The summed E-state index contributed by atoms with van der Waals surface area (Å²) in [7, 11) is 3.27. The van der Waals surface area contributed by atoms with Gasteiger partial charge in [0, 0.05) is 26.9 Å². The molecule has 4 aliphatic rings. The molecule has 0 aliphatic carbocycles. The van der Waals surface area contributed by atoms with Crippen LogP contribution in [0.4, 0.5) is 0 Å². The van der Waals surface area contributed by atoms with Crippen LogP contribution in [0.25, 0.3) is 0 Å². The van der Waals surface area contributed by atoms with E-state index in [1.165, 1.54) is 9.80 Å². The molecule has 0 fully saturated rings. The molecule has 0 aromatic heterocycles. The third kappa shape index (κ3) is 10.6. The summed E-state index contributed by atoms with van der Waals surface area (Å²) in [6.45, 7) is 7.77. The fourth-order valence-electron chi connectivity index (χ4n) is 7.55. The first-order chi connectivity index (χ1) is 30.9. The molecule has 4 heterocycles. The number of nitrogens with zero attached hydrogens (tertiary/aromatic N) is 2. The Balaban J connectivity index is 0.000000191. The Kier molecular flexibility index (Phi) is 14.4. The monoisotopic (exact) mass is 872 g/mol. The van der Waals surface area contributed by atoms with Crippen LogP contribution in [0.2, 0.25) is 0 Å². The zero-order chi connectivity index (χ0) is 45.3. The highest BCUT2D eigenvalue weighted by molar-refractivity contribution is 6.00. The average molecular weight is 873 g/mol. The maximum absolute atomic E-state index is 13.2. The van der Waals surface area contributed by atoms with Crippen LogP contribution in [0.1, 0.15) is 97.3 Å². The van der Waals surface area contributed by atoms with Gasteiger partial charge in [-0.15, -0.1) is 0 Å². The Labute approximate surface area is 374 Å². The number of carbonyl (C=O) groups excluding carboxylic acids is 4. The van der Waals surface area contributed by atoms with Crippen LogP contribution in [0, 0.1) is 0 Å². The van der Waals surface area contributed by atoms with E-state index in [4.69, 9.17) is 28.4 Å². The first-order valence-electron chi connectivity index (χ1n) is 21.6. The van der Waals surface area contributed by atoms with Gasteiger partial charge in [-0.25, -0.2) is 0 Å². The number of carbonyl (C=O) groups is 4. The highest BCUT2D eigenvalue weighted by atomic mass is 16.7. The van der Waals surface area contributed by atoms with E-state index in [2.05, 4.69) is 10.6 Å². The van der Waals surface area contributed by atoms with Crippen LogP contribution in [0.15, 0.2) is 109 Å². The van der Waals surface area contributed by atoms with Crippen molar-refractivity contribution in [1.82, 2.24) is 20.4 Å². The normalized spacial score (nSPS) is 24.7. The number of hydrogen-bond donors (Lipinski definition) is 2. The minimum absolute atomic E-state index is 0.107. The van der Waals surface area contributed by atoms with Gasteiger partial charge in [0.05, 0.1) is 35.4 Å². The van der Waals surface area contributed by atoms with Crippen LogP contribution >= 0.6 is 0 Å². The molecule has 4 amide bonds. The molecule has 0 radical (unpaired) electrons. The van der Waals surface area contributed by atoms with Crippen LogP contribution < -0.4 is 39.1 Å². The van der Waals surface area contributed by atoms with E-state index < -0.39 is 12.1 Å². The summed E-state index contributed by atoms with van der Waals surface area (Å²) in [5.74, 6) is 2.77. The number of fused-ring (bicyclic) bond motifs is 4. The number of nitrogens with one attached hydrogen (secondary N) is 2. The van der Waals surface area contributed by atoms with Crippen molar-refractivity contribution in [3.8, 4) is 34.5 Å². The van der Waals surface area contributed by atoms with E-state index >= 15 is 0 Å². The number of rotatable bonds is 2. The summed E-state index contributed by atoms with van der Waals surface area (Å²) in [4.78, 5) is 55.4. The lowest BCUT2D eigenvalue weighted by Gasteiger charge is -2.28. The molecule has 336 valence electrons. The van der Waals surface area contributed by atoms with Gasteiger partial charge in [-0.1, -0.05) is 60.7 Å². The van der Waals surface area contributed by atoms with E-state index in [1.807, 2.05) is 86.7 Å². The third-order valence-corrected chi connectivity index (χ3v) is 11.7. The van der Waals surface area contributed by atoms with Crippen molar-refractivity contribution in [3.63, 3.8) is 0 Å². The van der Waals surface area contributed by atoms with Crippen molar-refractivity contribution in [2.45, 2.75) is 89.8 Å². The minimum Gasteiger partial charge on any atom is -0.490 e. The lowest BCUT2D eigenvalue weighted by atomic mass is 10.0. The first kappa shape index (κ1) is 45.1. The van der Waals surface area contributed by atoms with Crippen LogP contribution in [-0.2, 0) is 9.59 Å². The fourth-order valence-corrected chi connectivity index (χ4v) is 7.55. The molecule has 8 rings (SSSR count). The standard InChI is InChI=1S/2C25H28N2O5/c2*1-16-8-4-6-10-20(18-12-13-22-23(14-18)31-15-30-22)26-24(28)17(2)27(3)25(29)19-9-5-7-11-21(19)32-16/h2*4-7,9,11-14,16-17,20H,8,10,15H2,1-3H3,(H,26,28)/b6-4+;6-4-/t2*16-,17-,20+/m11/s1. The number of ether oxygens (including phenoxy) is 6. The van der Waals surface area contributed by atoms with E-state index in [-0.39, 0.29) is 61.5 Å². The molecule has 14 nitrogen and oxygen atoms in total. The lowest BCUT2D eigenvalue weighted by Crippen LogP contribution is -2.47. The molecule has 0 saturated carbocycles. The van der Waals surface area contributed by atoms with Gasteiger partial charge < -0.3 is 48.9 Å². The molecule has 14 heteroatoms. The van der Waals surface area contributed by atoms with Crippen LogP contribution in [0.5, 0.6) is 34.5 Å². The maximum atomic E-state index is 13.2. The van der Waals surface area contributed by atoms with Crippen molar-refractivity contribution in [2.75, 3.05) is 27.7 Å². The predicted octanol–water partition coefficient (Wildman–Crippen LogP) is 7.70. The van der Waals surface area contributed by atoms with Gasteiger partial charge in [-0.3, -0.25) is 19.2 Å². The minimum atomic E-state index is -0.670. The molecule has 0 spiro atoms. The highest BCUT2D eigenvalue weighted by Crippen LogP contribution is 2.37. The summed E-state index contributed by atoms with van der Waals surface area (Å²) in [6, 6.07) is 23.7. The Hall–Kier alpha value is -6.96. The van der Waals surface area contributed by atoms with Gasteiger partial charge in [-0.2, -0.15) is 0 Å². The molecule has 0 unspecified atom stereocenters. The zero-order valence-corrected chi connectivity index (χ0v) is 37.1. The van der Waals surface area contributed by atoms with E-state index in [9.17, 15) is 19.2 Å². The number of benzene rings is 4. The van der Waals surface area contributed by atoms with Crippen molar-refractivity contribution >= 4 is 23.6 Å². The Bertz CT molecular complexity index is 2230. The van der Waals surface area contributed by atoms with Gasteiger partial charge in [0.25, 0.3) is 11.8 Å². The lowest BCUT2D eigenvalue weighted by molar-refractivity contribution is -0.126. The highest BCUT2D eigenvalue weighted by Gasteiger charge is 2.30. The number of para-hydroxylation sites is 2. The Morgan fingerprint density at radius 3 is 1.27 bits per heavy atom. The van der Waals surface area contributed by atoms with Gasteiger partial charge in [0.2, 0.25) is 25.4 Å². The SMILES string of the molecule is C[C@@H]1C/C=C/C[C@@H](c2ccc3c(c2)OCO3)NC(=O)[C@@H](C)N(C)C(=O)c2ccccc2O1.C[C@@H]1C/C=C\C[C@@H](c2ccc3c(c2)OCO3)NC(=O)[C@@H](C)N(C)C(=O)c2ccccc2O1. The van der Waals surface area contributed by atoms with Crippen LogP contribution in [0.3, 0.4) is 0 Å². The summed E-state index contributed by atoms with van der Waals surface area (Å²) < 4.78 is 33.9. The second-order valence-electron chi connectivity index (χ2n) is 16.3. The summed E-state index contributed by atoms with van der Waals surface area (Å²) in [5.41, 5.74) is 2.70. The van der Waals surface area contributed by atoms with E-state index in [0.717, 1.165) is 11.1 Å². The fraction of sp³-hybridized carbons (Fsp3) is 0.360. The molecule has 64 heavy (non-hydrogen) atoms. The van der Waals surface area contributed by atoms with E-state index in [1.54, 1.807) is 64.3 Å². The molecule has 0 saturated heterocycles. The van der Waals surface area contributed by atoms with Crippen molar-refractivity contribution in [3.05, 3.63) is 131 Å². The Morgan fingerprint density at radius 2 is 0.844 bits per heavy atom. The molecule has 4 aliphatic heterocycles. The Morgan fingerprint density at radius 1 is 0.469 bits per heavy atom. The van der Waals surface area contributed by atoms with E-state index in [0.29, 0.717) is 71.3 Å². The number of likely N-dealkylation sites (N-methyl/N-ethyl adjacent to an activating group) is 2. The smallest absolute Gasteiger partial charge is 0.258 e. The second-order valence-corrected chi connectivity index (χ2v) is 16.3. The summed E-state index contributed by atoms with van der Waals surface area (Å²) >= 11 is 0. The predicted molar refractivity (Wildman–Crippen MR) is 240 cm³/mol. The average Bonchev–Trinajstić information content (AvgIpc) is 3.99. The molecular weight excluding hydrogens is 817 g/mol. The van der Waals surface area contributed by atoms with Crippen molar-refractivity contribution in [1.29, 1.82) is 0 Å². The molecule has 6 atom stereocenters. The number of hydrogen-bond acceptors (Lipinski definition) is 10. The quantitative estimate of drug-likeness (QED) is 0.192. The van der Waals surface area contributed by atoms with Gasteiger partial charge >= 0.3 is 0 Å².